The van der Waals surface area contributed by atoms with Gasteiger partial charge in [0.05, 0.1) is 0 Å². The van der Waals surface area contributed by atoms with Crippen molar-refractivity contribution in [2.45, 2.75) is 12.8 Å². The number of nitrogens with zero attached hydrogens (tertiary/aromatic N) is 1. The quantitative estimate of drug-likeness (QED) is 0.359. The summed E-state index contributed by atoms with van der Waals surface area (Å²) in [5.74, 6) is -3.09. The number of carbonyl (C=O) groups is 2. The van der Waals surface area contributed by atoms with Crippen molar-refractivity contribution in [1.29, 1.82) is 0 Å². The van der Waals surface area contributed by atoms with Gasteiger partial charge >= 0.3 is 0 Å². The number of aliphatic hydroxyl groups is 1. The molecule has 0 radical (unpaired) electrons. The number of hydrogen-bond donors (Lipinski definition) is 2. The van der Waals surface area contributed by atoms with E-state index >= 15 is 0 Å². The molecule has 1 heterocycles. The van der Waals surface area contributed by atoms with Crippen molar-refractivity contribution in [2.24, 2.45) is 5.73 Å². The molecule has 1 aliphatic heterocycles. The molecule has 5 nitrogen and oxygen atoms in total. The number of amides is 2. The second-order valence-corrected chi connectivity index (χ2v) is 2.44. The molecule has 0 aliphatic carbocycles. The van der Waals surface area contributed by atoms with Crippen LogP contribution in [0, 0.1) is 0 Å². The minimum absolute atomic E-state index is 0.576. The van der Waals surface area contributed by atoms with Crippen molar-refractivity contribution in [3.63, 3.8) is 0 Å². The molecule has 0 spiro atoms. The molecule has 1 aliphatic rings. The SMILES string of the molecule is CC(N)(O)N1C(=O)C=CC1=O. The van der Waals surface area contributed by atoms with Gasteiger partial charge in [0, 0.05) is 12.2 Å². The van der Waals surface area contributed by atoms with E-state index in [1.807, 2.05) is 0 Å². The summed E-state index contributed by atoms with van der Waals surface area (Å²) in [4.78, 5) is 22.2. The lowest BCUT2D eigenvalue weighted by Crippen LogP contribution is -2.56. The van der Waals surface area contributed by atoms with E-state index in [2.05, 4.69) is 0 Å². The molecule has 0 saturated heterocycles. The van der Waals surface area contributed by atoms with Gasteiger partial charge in [0.25, 0.3) is 11.8 Å². The molecule has 60 valence electrons. The summed E-state index contributed by atoms with van der Waals surface area (Å²) in [6, 6.07) is 0. The lowest BCUT2D eigenvalue weighted by Gasteiger charge is -2.27. The average Bonchev–Trinajstić information content (AvgIpc) is 2.08. The summed E-state index contributed by atoms with van der Waals surface area (Å²) in [6.45, 7) is 1.16. The van der Waals surface area contributed by atoms with Crippen LogP contribution in [0.25, 0.3) is 0 Å². The molecule has 0 aromatic carbocycles. The Hall–Kier alpha value is -1.20. The minimum atomic E-state index is -1.91. The lowest BCUT2D eigenvalue weighted by atomic mass is 10.4. The van der Waals surface area contributed by atoms with Crippen molar-refractivity contribution < 1.29 is 14.7 Å². The maximum atomic E-state index is 10.8. The van der Waals surface area contributed by atoms with Gasteiger partial charge in [-0.3, -0.25) is 15.3 Å². The van der Waals surface area contributed by atoms with Crippen LogP contribution >= 0.6 is 0 Å². The van der Waals surface area contributed by atoms with E-state index in [1.54, 1.807) is 0 Å². The van der Waals surface area contributed by atoms with Crippen molar-refractivity contribution >= 4 is 11.8 Å². The molecule has 0 fully saturated rings. The van der Waals surface area contributed by atoms with E-state index in [4.69, 9.17) is 10.8 Å². The Bertz CT molecular complexity index is 221. The summed E-state index contributed by atoms with van der Waals surface area (Å²) in [5.41, 5.74) is 5.12. The number of nitrogens with two attached hydrogens (primary N) is 1. The molecule has 1 unspecified atom stereocenters. The molecule has 2 amide bonds. The Morgan fingerprint density at radius 3 is 2.00 bits per heavy atom. The Labute approximate surface area is 63.1 Å². The fourth-order valence-electron chi connectivity index (χ4n) is 0.846. The van der Waals surface area contributed by atoms with Gasteiger partial charge in [0.1, 0.15) is 0 Å². The van der Waals surface area contributed by atoms with Crippen LogP contribution in [-0.2, 0) is 9.59 Å². The summed E-state index contributed by atoms with van der Waals surface area (Å²) in [5, 5.41) is 9.08. The first-order chi connectivity index (χ1) is 4.93. The monoisotopic (exact) mass is 156 g/mol. The van der Waals surface area contributed by atoms with E-state index in [1.165, 1.54) is 0 Å². The van der Waals surface area contributed by atoms with Gasteiger partial charge in [0.2, 0.25) is 0 Å². The van der Waals surface area contributed by atoms with Crippen LogP contribution in [0.5, 0.6) is 0 Å². The summed E-state index contributed by atoms with van der Waals surface area (Å²) < 4.78 is 0. The molecule has 1 atom stereocenters. The number of rotatable bonds is 1. The molecule has 11 heavy (non-hydrogen) atoms. The Balaban J connectivity index is 2.91. The normalized spacial score (nSPS) is 22.6. The van der Waals surface area contributed by atoms with E-state index in [9.17, 15) is 9.59 Å². The summed E-state index contributed by atoms with van der Waals surface area (Å²) >= 11 is 0. The average molecular weight is 156 g/mol. The van der Waals surface area contributed by atoms with Gasteiger partial charge in [-0.05, 0) is 6.92 Å². The zero-order valence-electron chi connectivity index (χ0n) is 5.94. The van der Waals surface area contributed by atoms with Gasteiger partial charge in [-0.1, -0.05) is 0 Å². The molecule has 1 rings (SSSR count). The largest absolute Gasteiger partial charge is 0.358 e. The highest BCUT2D eigenvalue weighted by molar-refractivity contribution is 6.13. The Morgan fingerprint density at radius 1 is 1.45 bits per heavy atom. The Kier molecular flexibility index (Phi) is 1.54. The van der Waals surface area contributed by atoms with E-state index in [0.29, 0.717) is 4.90 Å². The fraction of sp³-hybridized carbons (Fsp3) is 0.333. The number of carbonyl (C=O) groups excluding carboxylic acids is 2. The van der Waals surface area contributed by atoms with Crippen molar-refractivity contribution in [2.75, 3.05) is 0 Å². The first-order valence-electron chi connectivity index (χ1n) is 3.00. The third-order valence-electron chi connectivity index (χ3n) is 1.26. The highest BCUT2D eigenvalue weighted by atomic mass is 16.3. The second-order valence-electron chi connectivity index (χ2n) is 2.44. The van der Waals surface area contributed by atoms with Crippen molar-refractivity contribution in [1.82, 2.24) is 4.90 Å². The second kappa shape index (κ2) is 2.14. The molecular weight excluding hydrogens is 148 g/mol. The first kappa shape index (κ1) is 7.90. The first-order valence-corrected chi connectivity index (χ1v) is 3.00. The van der Waals surface area contributed by atoms with Gasteiger partial charge in [-0.2, -0.15) is 0 Å². The smallest absolute Gasteiger partial charge is 0.257 e. The molecule has 0 bridgehead atoms. The minimum Gasteiger partial charge on any atom is -0.358 e. The highest BCUT2D eigenvalue weighted by Crippen LogP contribution is 2.11. The van der Waals surface area contributed by atoms with Crippen LogP contribution in [0.15, 0.2) is 12.2 Å². The highest BCUT2D eigenvalue weighted by Gasteiger charge is 2.35. The van der Waals surface area contributed by atoms with Crippen LogP contribution < -0.4 is 5.73 Å². The summed E-state index contributed by atoms with van der Waals surface area (Å²) in [6.07, 6.45) is 2.12. The van der Waals surface area contributed by atoms with Crippen molar-refractivity contribution in [3.05, 3.63) is 12.2 Å². The van der Waals surface area contributed by atoms with Crippen LogP contribution in [0.3, 0.4) is 0 Å². The topological polar surface area (TPSA) is 83.6 Å². The third-order valence-corrected chi connectivity index (χ3v) is 1.26. The maximum absolute atomic E-state index is 10.8. The predicted octanol–water partition coefficient (Wildman–Crippen LogP) is -1.46. The molecule has 0 aromatic rings. The third kappa shape index (κ3) is 1.28. The zero-order valence-corrected chi connectivity index (χ0v) is 5.94. The standard InChI is InChI=1S/C6H8N2O3/c1-6(7,11)8-4(9)2-3-5(8)10/h2-3,11H,7H2,1H3. The van der Waals surface area contributed by atoms with Gasteiger partial charge in [-0.25, -0.2) is 4.90 Å². The van der Waals surface area contributed by atoms with Crippen molar-refractivity contribution in [3.8, 4) is 0 Å². The predicted molar refractivity (Wildman–Crippen MR) is 35.8 cm³/mol. The maximum Gasteiger partial charge on any atom is 0.257 e. The van der Waals surface area contributed by atoms with Crippen LogP contribution in [0.2, 0.25) is 0 Å². The molecule has 0 saturated carbocycles. The van der Waals surface area contributed by atoms with Crippen LogP contribution in [0.1, 0.15) is 6.92 Å². The molecule has 3 N–H and O–H groups in total. The molecule has 0 aromatic heterocycles. The Morgan fingerprint density at radius 2 is 1.82 bits per heavy atom. The molecular formula is C6H8N2O3. The number of hydrogen-bond acceptors (Lipinski definition) is 4. The van der Waals surface area contributed by atoms with E-state index in [-0.39, 0.29) is 0 Å². The van der Waals surface area contributed by atoms with E-state index < -0.39 is 17.7 Å². The summed E-state index contributed by atoms with van der Waals surface area (Å²) in [7, 11) is 0. The fourth-order valence-corrected chi connectivity index (χ4v) is 0.846. The van der Waals surface area contributed by atoms with Gasteiger partial charge in [0.15, 0.2) is 5.85 Å². The van der Waals surface area contributed by atoms with E-state index in [0.717, 1.165) is 19.1 Å². The van der Waals surface area contributed by atoms with Crippen LogP contribution in [-0.4, -0.2) is 27.7 Å². The van der Waals surface area contributed by atoms with Crippen LogP contribution in [0.4, 0.5) is 0 Å². The zero-order chi connectivity index (χ0) is 8.65. The van der Waals surface area contributed by atoms with Gasteiger partial charge in [-0.15, -0.1) is 0 Å². The van der Waals surface area contributed by atoms with Gasteiger partial charge < -0.3 is 5.11 Å². The lowest BCUT2D eigenvalue weighted by molar-refractivity contribution is -0.160. The number of imide groups is 1. The molecule has 5 heteroatoms.